The first-order valence-electron chi connectivity index (χ1n) is 4.39. The van der Waals surface area contributed by atoms with Gasteiger partial charge in [-0.15, -0.1) is 0 Å². The Morgan fingerprint density at radius 3 is 2.15 bits per heavy atom. The van der Waals surface area contributed by atoms with Gasteiger partial charge in [0.25, 0.3) is 0 Å². The van der Waals surface area contributed by atoms with Gasteiger partial charge in [-0.05, 0) is 30.0 Å². The predicted octanol–water partition coefficient (Wildman–Crippen LogP) is 3.92. The average molecular weight is 317 g/mol. The number of halogens is 2. The van der Waals surface area contributed by atoms with E-state index in [9.17, 15) is 0 Å². The van der Waals surface area contributed by atoms with Crippen LogP contribution in [-0.2, 0) is 12.8 Å². The molecule has 0 bridgehead atoms. The molecule has 1 radical (unpaired) electrons. The molecule has 1 aromatic carbocycles. The van der Waals surface area contributed by atoms with E-state index in [4.69, 9.17) is 0 Å². The Morgan fingerprint density at radius 1 is 1.23 bits per heavy atom. The number of hydrogen-bond donors (Lipinski definition) is 0. The van der Waals surface area contributed by atoms with Gasteiger partial charge in [-0.3, -0.25) is 25.8 Å². The molecule has 13 heavy (non-hydrogen) atoms. The predicted molar refractivity (Wildman–Crippen MR) is 67.6 cm³/mol. The van der Waals surface area contributed by atoms with Crippen LogP contribution in [-0.4, -0.2) is 16.0 Å². The molecule has 0 atom stereocenters. The van der Waals surface area contributed by atoms with Gasteiger partial charge in [0.2, 0.25) is 0 Å². The third-order valence-corrected chi connectivity index (χ3v) is 1.73. The SMILES string of the molecule is CCc1[c]cc(CC)cc1.[Br][Mg][Br]. The summed E-state index contributed by atoms with van der Waals surface area (Å²) < 4.78 is 0. The van der Waals surface area contributed by atoms with Crippen molar-refractivity contribution in [1.82, 2.24) is 0 Å². The molecule has 0 spiro atoms. The molecule has 0 unspecified atom stereocenters. The second-order valence-electron chi connectivity index (χ2n) is 2.53. The largest absolute Gasteiger partial charge is 0.560 e. The molecule has 0 N–H and O–H groups in total. The zero-order valence-electron chi connectivity index (χ0n) is 8.11. The Morgan fingerprint density at radius 2 is 1.85 bits per heavy atom. The van der Waals surface area contributed by atoms with Gasteiger partial charge in [-0.25, -0.2) is 0 Å². The molecule has 0 fully saturated rings. The van der Waals surface area contributed by atoms with Crippen molar-refractivity contribution in [2.45, 2.75) is 26.7 Å². The molecule has 0 saturated heterocycles. The van der Waals surface area contributed by atoms with Gasteiger partial charge in [-0.1, -0.05) is 32.0 Å². The first-order valence-corrected chi connectivity index (χ1v) is 12.2. The maximum Gasteiger partial charge on any atom is 0.560 e. The zero-order chi connectivity index (χ0) is 10.1. The maximum absolute atomic E-state index is 3.24. The minimum Gasteiger partial charge on any atom is -0.280 e. The summed E-state index contributed by atoms with van der Waals surface area (Å²) >= 11 is 6.44. The van der Waals surface area contributed by atoms with E-state index >= 15 is 0 Å². The molecule has 1 rings (SSSR count). The van der Waals surface area contributed by atoms with Crippen molar-refractivity contribution < 1.29 is 0 Å². The fourth-order valence-corrected chi connectivity index (χ4v) is 0.929. The van der Waals surface area contributed by atoms with Crippen LogP contribution in [0.3, 0.4) is 0 Å². The van der Waals surface area contributed by atoms with Crippen LogP contribution in [0.5, 0.6) is 0 Å². The number of hydrogen-bond acceptors (Lipinski definition) is 0. The molecular weight excluding hydrogens is 304 g/mol. The highest BCUT2D eigenvalue weighted by Crippen LogP contribution is 2.03. The van der Waals surface area contributed by atoms with Crippen molar-refractivity contribution in [1.29, 1.82) is 0 Å². The summed E-state index contributed by atoms with van der Waals surface area (Å²) in [7, 11) is 0. The van der Waals surface area contributed by atoms with Gasteiger partial charge >= 0.3 is 16.0 Å². The molecule has 0 aliphatic carbocycles. The van der Waals surface area contributed by atoms with E-state index in [1.807, 2.05) is 0 Å². The van der Waals surface area contributed by atoms with Crippen LogP contribution in [0.2, 0.25) is 0 Å². The molecule has 1 aromatic rings. The second kappa shape index (κ2) is 9.50. The van der Waals surface area contributed by atoms with Crippen LogP contribution >= 0.6 is 25.8 Å². The van der Waals surface area contributed by atoms with Gasteiger partial charge < -0.3 is 0 Å². The van der Waals surface area contributed by atoms with Crippen LogP contribution < -0.4 is 0 Å². The monoisotopic (exact) mass is 315 g/mol. The lowest BCUT2D eigenvalue weighted by Crippen LogP contribution is -1.82. The third-order valence-electron chi connectivity index (χ3n) is 1.73. The number of benzene rings is 1. The fraction of sp³-hybridized carbons (Fsp3) is 0.400. The Bertz CT molecular complexity index is 186. The molecule has 0 aliphatic rings. The molecular formula is C10H13Br2Mg. The van der Waals surface area contributed by atoms with Gasteiger partial charge in [-0.2, -0.15) is 0 Å². The molecule has 0 heterocycles. The summed E-state index contributed by atoms with van der Waals surface area (Å²) in [5.74, 6) is 0. The van der Waals surface area contributed by atoms with Crippen molar-refractivity contribution in [3.63, 3.8) is 0 Å². The molecule has 69 valence electrons. The third kappa shape index (κ3) is 6.94. The Hall–Kier alpha value is 0.946. The normalized spacial score (nSPS) is 8.31. The summed E-state index contributed by atoms with van der Waals surface area (Å²) in [6.07, 6.45) is 2.20. The summed E-state index contributed by atoms with van der Waals surface area (Å²) in [5, 5.41) is 0. The fourth-order valence-electron chi connectivity index (χ4n) is 0.929. The standard InChI is InChI=1S/C10H13.2BrH.Mg/c1-3-9-5-7-10(4-2)8-6-9;;;/h5-7H,3-4H2,1-2H3;2*1H;/q;;;+2/p-2. The summed E-state index contributed by atoms with van der Waals surface area (Å²) in [6, 6.07) is 9.65. The van der Waals surface area contributed by atoms with Crippen molar-refractivity contribution in [2.24, 2.45) is 0 Å². The molecule has 0 aromatic heterocycles. The van der Waals surface area contributed by atoms with E-state index in [1.54, 1.807) is 0 Å². The van der Waals surface area contributed by atoms with Crippen LogP contribution in [0, 0.1) is 6.07 Å². The van der Waals surface area contributed by atoms with Gasteiger partial charge in [0.15, 0.2) is 0 Å². The van der Waals surface area contributed by atoms with Crippen LogP contribution in [0.25, 0.3) is 0 Å². The van der Waals surface area contributed by atoms with E-state index in [2.05, 4.69) is 63.9 Å². The maximum atomic E-state index is 3.24. The van der Waals surface area contributed by atoms with Crippen molar-refractivity contribution >= 4 is 41.8 Å². The van der Waals surface area contributed by atoms with Crippen molar-refractivity contribution in [3.8, 4) is 0 Å². The van der Waals surface area contributed by atoms with Crippen molar-refractivity contribution in [3.05, 3.63) is 35.4 Å². The van der Waals surface area contributed by atoms with E-state index in [0.29, 0.717) is 0 Å². The Labute approximate surface area is 103 Å². The van der Waals surface area contributed by atoms with Gasteiger partial charge in [0.1, 0.15) is 0 Å². The summed E-state index contributed by atoms with van der Waals surface area (Å²) in [5.41, 5.74) is 2.68. The molecule has 0 saturated carbocycles. The Balaban J connectivity index is 0.000000424. The Kier molecular flexibility index (Phi) is 10.2. The smallest absolute Gasteiger partial charge is 0.280 e. The van der Waals surface area contributed by atoms with Gasteiger partial charge in [0, 0.05) is 0 Å². The quantitative estimate of drug-likeness (QED) is 0.725. The lowest BCUT2D eigenvalue weighted by molar-refractivity contribution is 1.10. The first kappa shape index (κ1) is 13.9. The van der Waals surface area contributed by atoms with E-state index in [-0.39, 0.29) is 16.0 Å². The second-order valence-corrected chi connectivity index (χ2v) is 10.6. The molecule has 3 heteroatoms. The van der Waals surface area contributed by atoms with Gasteiger partial charge in [0.05, 0.1) is 0 Å². The highest BCUT2D eigenvalue weighted by Gasteiger charge is 1.88. The summed E-state index contributed by atoms with van der Waals surface area (Å²) in [6.45, 7) is 4.31. The molecule has 0 amide bonds. The minimum atomic E-state index is 0.0417. The molecule has 0 aliphatic heterocycles. The first-order chi connectivity index (χ1) is 6.28. The van der Waals surface area contributed by atoms with Crippen molar-refractivity contribution in [2.75, 3.05) is 0 Å². The lowest BCUT2D eigenvalue weighted by atomic mass is 10.1. The van der Waals surface area contributed by atoms with E-state index in [0.717, 1.165) is 12.8 Å². The highest BCUT2D eigenvalue weighted by molar-refractivity contribution is 9.47. The average Bonchev–Trinajstić information content (AvgIpc) is 2.19. The zero-order valence-corrected chi connectivity index (χ0v) is 12.7. The summed E-state index contributed by atoms with van der Waals surface area (Å²) in [4.78, 5) is 0. The topological polar surface area (TPSA) is 0 Å². The van der Waals surface area contributed by atoms with E-state index in [1.165, 1.54) is 11.1 Å². The van der Waals surface area contributed by atoms with E-state index < -0.39 is 0 Å². The van der Waals surface area contributed by atoms with Crippen LogP contribution in [0.15, 0.2) is 18.2 Å². The van der Waals surface area contributed by atoms with Crippen LogP contribution in [0.1, 0.15) is 25.0 Å². The minimum absolute atomic E-state index is 0.0417. The lowest BCUT2D eigenvalue weighted by Gasteiger charge is -1.96. The molecule has 0 nitrogen and oxygen atoms in total. The highest BCUT2D eigenvalue weighted by atomic mass is 79.9. The number of rotatable bonds is 2. The van der Waals surface area contributed by atoms with Crippen LogP contribution in [0.4, 0.5) is 0 Å². The number of aryl methyl sites for hydroxylation is 2.